The van der Waals surface area contributed by atoms with Crippen molar-refractivity contribution in [3.8, 4) is 11.1 Å². The SMILES string of the molecule is c1ccc(-c2ccc(Nc3ccc4oc5ccc6ccccc6c5c4c3)cc2)cc1. The number of nitrogens with one attached hydrogen (secondary N) is 1. The van der Waals surface area contributed by atoms with Gasteiger partial charge in [-0.15, -0.1) is 0 Å². The molecule has 1 aromatic heterocycles. The van der Waals surface area contributed by atoms with E-state index in [9.17, 15) is 0 Å². The van der Waals surface area contributed by atoms with Gasteiger partial charge in [-0.05, 0) is 58.3 Å². The normalized spacial score (nSPS) is 11.3. The number of anilines is 2. The zero-order valence-electron chi connectivity index (χ0n) is 16.3. The second-order valence-electron chi connectivity index (χ2n) is 7.54. The van der Waals surface area contributed by atoms with Crippen LogP contribution in [-0.2, 0) is 0 Å². The summed E-state index contributed by atoms with van der Waals surface area (Å²) in [4.78, 5) is 0. The van der Waals surface area contributed by atoms with Gasteiger partial charge in [0, 0.05) is 22.1 Å². The summed E-state index contributed by atoms with van der Waals surface area (Å²) in [5.41, 5.74) is 6.38. The zero-order valence-corrected chi connectivity index (χ0v) is 16.3. The number of benzene rings is 5. The van der Waals surface area contributed by atoms with Crippen molar-refractivity contribution in [1.82, 2.24) is 0 Å². The Morgan fingerprint density at radius 3 is 2.07 bits per heavy atom. The van der Waals surface area contributed by atoms with Crippen LogP contribution in [0.15, 0.2) is 114 Å². The van der Waals surface area contributed by atoms with Gasteiger partial charge in [-0.2, -0.15) is 0 Å². The summed E-state index contributed by atoms with van der Waals surface area (Å²) < 4.78 is 6.10. The summed E-state index contributed by atoms with van der Waals surface area (Å²) in [6.45, 7) is 0. The molecule has 0 atom stereocenters. The van der Waals surface area contributed by atoms with Crippen molar-refractivity contribution in [3.05, 3.63) is 109 Å². The molecule has 30 heavy (non-hydrogen) atoms. The van der Waals surface area contributed by atoms with Crippen LogP contribution in [0.25, 0.3) is 43.8 Å². The third-order valence-electron chi connectivity index (χ3n) is 5.64. The highest BCUT2D eigenvalue weighted by Crippen LogP contribution is 2.36. The monoisotopic (exact) mass is 385 g/mol. The highest BCUT2D eigenvalue weighted by molar-refractivity contribution is 6.19. The molecule has 2 heteroatoms. The lowest BCUT2D eigenvalue weighted by atomic mass is 10.0. The van der Waals surface area contributed by atoms with E-state index < -0.39 is 0 Å². The van der Waals surface area contributed by atoms with E-state index in [-0.39, 0.29) is 0 Å². The fourth-order valence-electron chi connectivity index (χ4n) is 4.17. The molecule has 0 saturated heterocycles. The van der Waals surface area contributed by atoms with Gasteiger partial charge >= 0.3 is 0 Å². The van der Waals surface area contributed by atoms with Gasteiger partial charge in [-0.3, -0.25) is 0 Å². The fraction of sp³-hybridized carbons (Fsp3) is 0. The number of hydrogen-bond acceptors (Lipinski definition) is 2. The Balaban J connectivity index is 1.40. The van der Waals surface area contributed by atoms with Gasteiger partial charge in [0.15, 0.2) is 0 Å². The third-order valence-corrected chi connectivity index (χ3v) is 5.64. The Kier molecular flexibility index (Phi) is 3.82. The van der Waals surface area contributed by atoms with Crippen LogP contribution >= 0.6 is 0 Å². The molecule has 0 aliphatic rings. The Morgan fingerprint density at radius 1 is 0.500 bits per heavy atom. The van der Waals surface area contributed by atoms with Gasteiger partial charge in [0.05, 0.1) is 0 Å². The van der Waals surface area contributed by atoms with E-state index in [1.54, 1.807) is 0 Å². The molecule has 0 amide bonds. The molecule has 0 spiro atoms. The van der Waals surface area contributed by atoms with E-state index in [1.165, 1.54) is 27.3 Å². The van der Waals surface area contributed by atoms with Crippen LogP contribution < -0.4 is 5.32 Å². The summed E-state index contributed by atoms with van der Waals surface area (Å²) in [5.74, 6) is 0. The molecule has 6 rings (SSSR count). The van der Waals surface area contributed by atoms with Gasteiger partial charge in [0.1, 0.15) is 11.2 Å². The van der Waals surface area contributed by atoms with Crippen LogP contribution in [0.2, 0.25) is 0 Å². The minimum absolute atomic E-state index is 0.909. The van der Waals surface area contributed by atoms with E-state index >= 15 is 0 Å². The summed E-state index contributed by atoms with van der Waals surface area (Å²) in [7, 11) is 0. The molecule has 6 aromatic rings. The largest absolute Gasteiger partial charge is 0.456 e. The number of fused-ring (bicyclic) bond motifs is 5. The van der Waals surface area contributed by atoms with Crippen LogP contribution in [0.3, 0.4) is 0 Å². The average molecular weight is 385 g/mol. The maximum atomic E-state index is 6.10. The van der Waals surface area contributed by atoms with Gasteiger partial charge in [0.25, 0.3) is 0 Å². The quantitative estimate of drug-likeness (QED) is 0.332. The third kappa shape index (κ3) is 2.82. The first-order valence-corrected chi connectivity index (χ1v) is 10.1. The molecule has 0 unspecified atom stereocenters. The smallest absolute Gasteiger partial charge is 0.136 e. The molecule has 0 radical (unpaired) electrons. The molecule has 1 N–H and O–H groups in total. The Morgan fingerprint density at radius 2 is 1.20 bits per heavy atom. The molecule has 0 aliphatic heterocycles. The molecule has 5 aromatic carbocycles. The van der Waals surface area contributed by atoms with Crippen molar-refractivity contribution in [2.45, 2.75) is 0 Å². The molecule has 0 fully saturated rings. The maximum Gasteiger partial charge on any atom is 0.136 e. The molecular formula is C28H19NO. The van der Waals surface area contributed by atoms with Crippen molar-refractivity contribution in [2.24, 2.45) is 0 Å². The van der Waals surface area contributed by atoms with Crippen LogP contribution in [0.5, 0.6) is 0 Å². The first-order valence-electron chi connectivity index (χ1n) is 10.1. The number of furan rings is 1. The Hall–Kier alpha value is -4.04. The summed E-state index contributed by atoms with van der Waals surface area (Å²) in [6.07, 6.45) is 0. The summed E-state index contributed by atoms with van der Waals surface area (Å²) in [5, 5.41) is 8.29. The predicted molar refractivity (Wildman–Crippen MR) is 126 cm³/mol. The lowest BCUT2D eigenvalue weighted by Crippen LogP contribution is -1.90. The molecule has 1 heterocycles. The lowest BCUT2D eigenvalue weighted by Gasteiger charge is -2.08. The standard InChI is InChI=1S/C28H19NO/c1-2-6-19(7-3-1)20-10-13-22(14-11-20)29-23-15-17-26-25(18-23)28-24-9-5-4-8-21(24)12-16-27(28)30-26/h1-18,29H. The van der Waals surface area contributed by atoms with Crippen molar-refractivity contribution >= 4 is 44.1 Å². The van der Waals surface area contributed by atoms with Crippen LogP contribution in [0.1, 0.15) is 0 Å². The summed E-state index contributed by atoms with van der Waals surface area (Å²) in [6, 6.07) is 37.9. The van der Waals surface area contributed by atoms with E-state index in [0.29, 0.717) is 0 Å². The maximum absolute atomic E-state index is 6.10. The molecule has 0 aliphatic carbocycles. The highest BCUT2D eigenvalue weighted by atomic mass is 16.3. The van der Waals surface area contributed by atoms with Gasteiger partial charge in [-0.1, -0.05) is 72.8 Å². The summed E-state index contributed by atoms with van der Waals surface area (Å²) >= 11 is 0. The topological polar surface area (TPSA) is 25.2 Å². The molecule has 0 bridgehead atoms. The van der Waals surface area contributed by atoms with Gasteiger partial charge in [0.2, 0.25) is 0 Å². The van der Waals surface area contributed by atoms with E-state index in [1.807, 2.05) is 12.1 Å². The first-order chi connectivity index (χ1) is 14.8. The van der Waals surface area contributed by atoms with Crippen molar-refractivity contribution in [1.29, 1.82) is 0 Å². The number of hydrogen-bond donors (Lipinski definition) is 1. The molecule has 2 nitrogen and oxygen atoms in total. The van der Waals surface area contributed by atoms with Crippen molar-refractivity contribution in [2.75, 3.05) is 5.32 Å². The van der Waals surface area contributed by atoms with Gasteiger partial charge in [-0.25, -0.2) is 0 Å². The minimum atomic E-state index is 0.909. The second-order valence-corrected chi connectivity index (χ2v) is 7.54. The Labute approximate surface area is 174 Å². The Bertz CT molecular complexity index is 1490. The van der Waals surface area contributed by atoms with Crippen molar-refractivity contribution < 1.29 is 4.42 Å². The number of rotatable bonds is 3. The zero-order chi connectivity index (χ0) is 19.9. The molecule has 0 saturated carbocycles. The highest BCUT2D eigenvalue weighted by Gasteiger charge is 2.11. The van der Waals surface area contributed by atoms with Crippen molar-refractivity contribution in [3.63, 3.8) is 0 Å². The van der Waals surface area contributed by atoms with E-state index in [0.717, 1.165) is 27.9 Å². The predicted octanol–water partition coefficient (Wildman–Crippen LogP) is 8.15. The molecular weight excluding hydrogens is 366 g/mol. The van der Waals surface area contributed by atoms with E-state index in [4.69, 9.17) is 4.42 Å². The van der Waals surface area contributed by atoms with E-state index in [2.05, 4.69) is 102 Å². The van der Waals surface area contributed by atoms with Crippen LogP contribution in [0.4, 0.5) is 11.4 Å². The van der Waals surface area contributed by atoms with Crippen LogP contribution in [-0.4, -0.2) is 0 Å². The molecule has 142 valence electrons. The van der Waals surface area contributed by atoms with Gasteiger partial charge < -0.3 is 9.73 Å². The lowest BCUT2D eigenvalue weighted by molar-refractivity contribution is 0.669. The second kappa shape index (κ2) is 6.78. The minimum Gasteiger partial charge on any atom is -0.456 e. The fourth-order valence-corrected chi connectivity index (χ4v) is 4.17. The average Bonchev–Trinajstić information content (AvgIpc) is 3.19. The first kappa shape index (κ1) is 16.9. The van der Waals surface area contributed by atoms with Crippen LogP contribution in [0, 0.1) is 0 Å².